The third-order valence-electron chi connectivity index (χ3n) is 4.50. The Hall–Kier alpha value is -3.34. The van der Waals surface area contributed by atoms with E-state index >= 15 is 0 Å². The van der Waals surface area contributed by atoms with Gasteiger partial charge >= 0.3 is 11.8 Å². The fraction of sp³-hybridized carbons (Fsp3) is 0.360. The maximum absolute atomic E-state index is 12.3. The maximum Gasteiger partial charge on any atom is 0.329 e. The zero-order valence-electron chi connectivity index (χ0n) is 20.8. The molecule has 0 unspecified atom stereocenters. The maximum atomic E-state index is 12.3. The standard InChI is InChI=1S/C25H30Cl2N4O6/c1-4-35-21-13-17(14-29-31-25(34)24(33)28-11-6-12-36-16(2)3)9-10-20(21)37-15-22(32)30-19-8-5-7-18(26)23(19)27/h5,7-10,13-14,16H,4,6,11-12,15H2,1-3H3,(H,28,33)(H,30,32)(H,31,34)/b29-14-. The lowest BCUT2D eigenvalue weighted by Gasteiger charge is -2.13. The second-order valence-electron chi connectivity index (χ2n) is 7.81. The first-order valence-electron chi connectivity index (χ1n) is 11.6. The molecule has 0 aliphatic carbocycles. The third kappa shape index (κ3) is 10.7. The predicted molar refractivity (Wildman–Crippen MR) is 143 cm³/mol. The van der Waals surface area contributed by atoms with Crippen molar-refractivity contribution >= 4 is 52.8 Å². The van der Waals surface area contributed by atoms with Gasteiger partial charge in [-0.05, 0) is 63.1 Å². The van der Waals surface area contributed by atoms with Crippen molar-refractivity contribution in [3.8, 4) is 11.5 Å². The molecule has 0 aromatic heterocycles. The van der Waals surface area contributed by atoms with Crippen molar-refractivity contribution < 1.29 is 28.6 Å². The number of carbonyl (C=O) groups excluding carboxylic acids is 3. The van der Waals surface area contributed by atoms with Gasteiger partial charge in [0.2, 0.25) is 0 Å². The highest BCUT2D eigenvalue weighted by Gasteiger charge is 2.13. The van der Waals surface area contributed by atoms with Crippen LogP contribution < -0.4 is 25.5 Å². The number of halogens is 2. The van der Waals surface area contributed by atoms with Gasteiger partial charge in [-0.15, -0.1) is 0 Å². The zero-order valence-corrected chi connectivity index (χ0v) is 22.3. The number of nitrogens with one attached hydrogen (secondary N) is 3. The molecule has 0 aliphatic heterocycles. The summed E-state index contributed by atoms with van der Waals surface area (Å²) in [5, 5.41) is 9.48. The van der Waals surface area contributed by atoms with E-state index in [2.05, 4.69) is 21.2 Å². The Morgan fingerprint density at radius 2 is 1.84 bits per heavy atom. The Bertz CT molecular complexity index is 1110. The molecule has 0 spiro atoms. The summed E-state index contributed by atoms with van der Waals surface area (Å²) in [6, 6.07) is 9.76. The van der Waals surface area contributed by atoms with E-state index in [1.54, 1.807) is 43.3 Å². The third-order valence-corrected chi connectivity index (χ3v) is 5.31. The average Bonchev–Trinajstić information content (AvgIpc) is 2.86. The van der Waals surface area contributed by atoms with Crippen molar-refractivity contribution in [2.75, 3.05) is 31.7 Å². The molecule has 0 bridgehead atoms. The summed E-state index contributed by atoms with van der Waals surface area (Å²) < 4.78 is 16.6. The highest BCUT2D eigenvalue weighted by Crippen LogP contribution is 2.30. The molecule has 3 N–H and O–H groups in total. The number of ether oxygens (including phenoxy) is 3. The quantitative estimate of drug-likeness (QED) is 0.150. The van der Waals surface area contributed by atoms with Crippen LogP contribution in [-0.4, -0.2) is 56.4 Å². The first kappa shape index (κ1) is 29.9. The number of rotatable bonds is 13. The van der Waals surface area contributed by atoms with Gasteiger partial charge in [-0.1, -0.05) is 29.3 Å². The molecule has 12 heteroatoms. The molecule has 0 heterocycles. The molecular formula is C25H30Cl2N4O6. The summed E-state index contributed by atoms with van der Waals surface area (Å²) >= 11 is 12.0. The van der Waals surface area contributed by atoms with Crippen LogP contribution in [0.3, 0.4) is 0 Å². The average molecular weight is 553 g/mol. The fourth-order valence-electron chi connectivity index (χ4n) is 2.81. The van der Waals surface area contributed by atoms with E-state index in [9.17, 15) is 14.4 Å². The van der Waals surface area contributed by atoms with Gasteiger partial charge in [0.25, 0.3) is 5.91 Å². The smallest absolute Gasteiger partial charge is 0.329 e. The molecule has 2 aromatic rings. The van der Waals surface area contributed by atoms with Crippen LogP contribution >= 0.6 is 23.2 Å². The lowest BCUT2D eigenvalue weighted by Crippen LogP contribution is -2.38. The number of amides is 3. The highest BCUT2D eigenvalue weighted by molar-refractivity contribution is 6.44. The molecule has 10 nitrogen and oxygen atoms in total. The predicted octanol–water partition coefficient (Wildman–Crippen LogP) is 3.79. The van der Waals surface area contributed by atoms with E-state index < -0.39 is 17.7 Å². The van der Waals surface area contributed by atoms with Gasteiger partial charge in [-0.25, -0.2) is 5.43 Å². The van der Waals surface area contributed by atoms with Gasteiger partial charge in [-0.3, -0.25) is 14.4 Å². The molecule has 3 amide bonds. The topological polar surface area (TPSA) is 127 Å². The van der Waals surface area contributed by atoms with Crippen molar-refractivity contribution in [3.63, 3.8) is 0 Å². The van der Waals surface area contributed by atoms with Crippen LogP contribution in [0.2, 0.25) is 10.0 Å². The van der Waals surface area contributed by atoms with Crippen LogP contribution in [0.15, 0.2) is 41.5 Å². The Morgan fingerprint density at radius 3 is 2.57 bits per heavy atom. The summed E-state index contributed by atoms with van der Waals surface area (Å²) in [5.74, 6) is -1.43. The van der Waals surface area contributed by atoms with Crippen LogP contribution in [0, 0.1) is 0 Å². The second-order valence-corrected chi connectivity index (χ2v) is 8.59. The van der Waals surface area contributed by atoms with E-state index in [0.717, 1.165) is 0 Å². The minimum Gasteiger partial charge on any atom is -0.490 e. The van der Waals surface area contributed by atoms with Crippen LogP contribution in [0.1, 0.15) is 32.8 Å². The van der Waals surface area contributed by atoms with Crippen LogP contribution in [0.4, 0.5) is 5.69 Å². The molecular weight excluding hydrogens is 523 g/mol. The number of hydrogen-bond donors (Lipinski definition) is 3. The van der Waals surface area contributed by atoms with Crippen LogP contribution in [0.25, 0.3) is 0 Å². The van der Waals surface area contributed by atoms with E-state index in [4.69, 9.17) is 37.4 Å². The largest absolute Gasteiger partial charge is 0.490 e. The Morgan fingerprint density at radius 1 is 1.05 bits per heavy atom. The summed E-state index contributed by atoms with van der Waals surface area (Å²) in [6.45, 7) is 6.48. The summed E-state index contributed by atoms with van der Waals surface area (Å²) in [7, 11) is 0. The molecule has 0 radical (unpaired) electrons. The number of carbonyl (C=O) groups is 3. The van der Waals surface area contributed by atoms with E-state index in [1.807, 2.05) is 13.8 Å². The number of hydrogen-bond acceptors (Lipinski definition) is 7. The molecule has 0 fully saturated rings. The first-order chi connectivity index (χ1) is 17.7. The van der Waals surface area contributed by atoms with E-state index in [-0.39, 0.29) is 17.7 Å². The molecule has 2 aromatic carbocycles. The molecule has 0 saturated heterocycles. The highest BCUT2D eigenvalue weighted by atomic mass is 35.5. The lowest BCUT2D eigenvalue weighted by molar-refractivity contribution is -0.139. The van der Waals surface area contributed by atoms with Crippen molar-refractivity contribution in [2.45, 2.75) is 33.3 Å². The van der Waals surface area contributed by atoms with E-state index in [1.165, 1.54) is 6.21 Å². The SMILES string of the molecule is CCOc1cc(/C=N\NC(=O)C(=O)NCCCOC(C)C)ccc1OCC(=O)Nc1cccc(Cl)c1Cl. The number of benzene rings is 2. The van der Waals surface area contributed by atoms with Gasteiger partial charge in [0, 0.05) is 13.2 Å². The van der Waals surface area contributed by atoms with Gasteiger partial charge in [0.1, 0.15) is 0 Å². The normalized spacial score (nSPS) is 10.9. The van der Waals surface area contributed by atoms with Crippen molar-refractivity contribution in [1.29, 1.82) is 0 Å². The Kier molecular flexibility index (Phi) is 12.7. The van der Waals surface area contributed by atoms with Crippen LogP contribution in [-0.2, 0) is 19.1 Å². The number of anilines is 1. The Labute approximate surface area is 225 Å². The first-order valence-corrected chi connectivity index (χ1v) is 12.3. The summed E-state index contributed by atoms with van der Waals surface area (Å²) in [5.41, 5.74) is 3.11. The number of hydrazone groups is 1. The molecule has 0 atom stereocenters. The molecule has 0 aliphatic rings. The van der Waals surface area contributed by atoms with Gasteiger partial charge in [-0.2, -0.15) is 5.10 Å². The zero-order chi connectivity index (χ0) is 27.2. The van der Waals surface area contributed by atoms with E-state index in [0.29, 0.717) is 54.0 Å². The minimum atomic E-state index is -0.892. The minimum absolute atomic E-state index is 0.107. The van der Waals surface area contributed by atoms with Crippen molar-refractivity contribution in [1.82, 2.24) is 10.7 Å². The van der Waals surface area contributed by atoms with Crippen molar-refractivity contribution in [2.24, 2.45) is 5.10 Å². The monoisotopic (exact) mass is 552 g/mol. The van der Waals surface area contributed by atoms with Crippen LogP contribution in [0.5, 0.6) is 11.5 Å². The molecule has 2 rings (SSSR count). The summed E-state index contributed by atoms with van der Waals surface area (Å²) in [6.07, 6.45) is 2.04. The van der Waals surface area contributed by atoms with Gasteiger partial charge in [0.15, 0.2) is 18.1 Å². The molecule has 37 heavy (non-hydrogen) atoms. The lowest BCUT2D eigenvalue weighted by atomic mass is 10.2. The summed E-state index contributed by atoms with van der Waals surface area (Å²) in [4.78, 5) is 36.0. The van der Waals surface area contributed by atoms with Crippen molar-refractivity contribution in [3.05, 3.63) is 52.0 Å². The Balaban J connectivity index is 1.88. The van der Waals surface area contributed by atoms with Gasteiger partial charge in [0.05, 0.1) is 34.7 Å². The second kappa shape index (κ2) is 15.7. The number of nitrogens with zero attached hydrogens (tertiary/aromatic N) is 1. The van der Waals surface area contributed by atoms with Gasteiger partial charge < -0.3 is 24.8 Å². The molecule has 0 saturated carbocycles. The fourth-order valence-corrected chi connectivity index (χ4v) is 3.16. The molecule has 200 valence electrons.